The van der Waals surface area contributed by atoms with Crippen LogP contribution in [0.5, 0.6) is 5.75 Å². The quantitative estimate of drug-likeness (QED) is 0.770. The van der Waals surface area contributed by atoms with Crippen LogP contribution in [-0.2, 0) is 0 Å². The van der Waals surface area contributed by atoms with E-state index in [1.807, 2.05) is 0 Å². The van der Waals surface area contributed by atoms with Gasteiger partial charge in [-0.1, -0.05) is 23.2 Å². The molecule has 0 radical (unpaired) electrons. The fraction of sp³-hybridized carbons (Fsp3) is 0.500. The number of ether oxygens (including phenoxy) is 1. The summed E-state index contributed by atoms with van der Waals surface area (Å²) < 4.78 is 6.18. The number of hydrogen-bond acceptors (Lipinski definition) is 3. The van der Waals surface area contributed by atoms with Gasteiger partial charge in [0.2, 0.25) is 0 Å². The van der Waals surface area contributed by atoms with Crippen molar-refractivity contribution in [2.24, 2.45) is 0 Å². The SMILES string of the molecule is OC(CNC1CC1)COc1cc(Cl)c(Br)cc1Cl. The first-order chi connectivity index (χ1) is 8.56. The van der Waals surface area contributed by atoms with E-state index in [0.717, 1.165) is 4.47 Å². The van der Waals surface area contributed by atoms with Crippen molar-refractivity contribution in [3.8, 4) is 5.75 Å². The van der Waals surface area contributed by atoms with Gasteiger partial charge in [-0.15, -0.1) is 0 Å². The van der Waals surface area contributed by atoms with E-state index < -0.39 is 6.10 Å². The molecule has 3 nitrogen and oxygen atoms in total. The second-order valence-electron chi connectivity index (χ2n) is 4.34. The van der Waals surface area contributed by atoms with E-state index in [0.29, 0.717) is 28.4 Å². The highest BCUT2D eigenvalue weighted by Gasteiger charge is 2.21. The molecule has 1 unspecified atom stereocenters. The highest BCUT2D eigenvalue weighted by Crippen LogP contribution is 2.34. The van der Waals surface area contributed by atoms with Crippen LogP contribution in [0.25, 0.3) is 0 Å². The van der Waals surface area contributed by atoms with Crippen molar-refractivity contribution in [1.29, 1.82) is 0 Å². The molecule has 0 spiro atoms. The Morgan fingerprint density at radius 2 is 2.11 bits per heavy atom. The Balaban J connectivity index is 1.82. The highest BCUT2D eigenvalue weighted by atomic mass is 79.9. The summed E-state index contributed by atoms with van der Waals surface area (Å²) in [5.41, 5.74) is 0. The molecule has 1 aliphatic carbocycles. The molecular formula is C12H14BrCl2NO2. The van der Waals surface area contributed by atoms with E-state index in [1.165, 1.54) is 12.8 Å². The van der Waals surface area contributed by atoms with Gasteiger partial charge < -0.3 is 15.2 Å². The number of benzene rings is 1. The summed E-state index contributed by atoms with van der Waals surface area (Å²) in [6.45, 7) is 0.726. The molecule has 1 saturated carbocycles. The van der Waals surface area contributed by atoms with Gasteiger partial charge in [-0.2, -0.15) is 0 Å². The van der Waals surface area contributed by atoms with Gasteiger partial charge in [-0.25, -0.2) is 0 Å². The molecular weight excluding hydrogens is 341 g/mol. The molecule has 0 aromatic heterocycles. The van der Waals surface area contributed by atoms with Crippen LogP contribution < -0.4 is 10.1 Å². The van der Waals surface area contributed by atoms with Crippen LogP contribution in [0, 0.1) is 0 Å². The third-order valence-corrected chi connectivity index (χ3v) is 4.12. The molecule has 0 heterocycles. The largest absolute Gasteiger partial charge is 0.489 e. The van der Waals surface area contributed by atoms with Gasteiger partial charge in [0.25, 0.3) is 0 Å². The number of nitrogens with one attached hydrogen (secondary N) is 1. The zero-order chi connectivity index (χ0) is 13.1. The molecule has 100 valence electrons. The normalized spacial score (nSPS) is 16.7. The zero-order valence-corrected chi connectivity index (χ0v) is 12.7. The van der Waals surface area contributed by atoms with Gasteiger partial charge in [-0.3, -0.25) is 0 Å². The average molecular weight is 355 g/mol. The Bertz CT molecular complexity index is 427. The first-order valence-corrected chi connectivity index (χ1v) is 7.30. The molecule has 0 saturated heterocycles. The monoisotopic (exact) mass is 353 g/mol. The van der Waals surface area contributed by atoms with Gasteiger partial charge >= 0.3 is 0 Å². The molecule has 2 rings (SSSR count). The summed E-state index contributed by atoms with van der Waals surface area (Å²) in [5, 5.41) is 14.0. The van der Waals surface area contributed by atoms with Crippen LogP contribution in [0.1, 0.15) is 12.8 Å². The molecule has 0 aliphatic heterocycles. The van der Waals surface area contributed by atoms with E-state index in [4.69, 9.17) is 27.9 Å². The summed E-state index contributed by atoms with van der Waals surface area (Å²) in [6.07, 6.45) is 1.84. The minimum atomic E-state index is -0.552. The van der Waals surface area contributed by atoms with Crippen molar-refractivity contribution in [1.82, 2.24) is 5.32 Å². The lowest BCUT2D eigenvalue weighted by molar-refractivity contribution is 0.106. The molecule has 0 bridgehead atoms. The lowest BCUT2D eigenvalue weighted by atomic mass is 10.3. The lowest BCUT2D eigenvalue weighted by Crippen LogP contribution is -2.32. The van der Waals surface area contributed by atoms with Gasteiger partial charge in [0.1, 0.15) is 18.5 Å². The number of aliphatic hydroxyl groups excluding tert-OH is 1. The van der Waals surface area contributed by atoms with E-state index in [9.17, 15) is 5.11 Å². The van der Waals surface area contributed by atoms with Crippen LogP contribution in [0.15, 0.2) is 16.6 Å². The van der Waals surface area contributed by atoms with Crippen LogP contribution in [0.2, 0.25) is 10.0 Å². The first-order valence-electron chi connectivity index (χ1n) is 5.75. The van der Waals surface area contributed by atoms with E-state index >= 15 is 0 Å². The molecule has 6 heteroatoms. The van der Waals surface area contributed by atoms with Gasteiger partial charge in [0.05, 0.1) is 10.0 Å². The molecule has 18 heavy (non-hydrogen) atoms. The number of aliphatic hydroxyl groups is 1. The van der Waals surface area contributed by atoms with Crippen LogP contribution >= 0.6 is 39.1 Å². The number of hydrogen-bond donors (Lipinski definition) is 2. The van der Waals surface area contributed by atoms with Gasteiger partial charge in [-0.05, 0) is 34.8 Å². The van der Waals surface area contributed by atoms with Crippen molar-refractivity contribution in [3.05, 3.63) is 26.7 Å². The Morgan fingerprint density at radius 1 is 1.39 bits per heavy atom. The zero-order valence-electron chi connectivity index (χ0n) is 9.63. The minimum absolute atomic E-state index is 0.192. The number of rotatable bonds is 6. The fourth-order valence-corrected chi connectivity index (χ4v) is 2.30. The third-order valence-electron chi connectivity index (χ3n) is 2.63. The Morgan fingerprint density at radius 3 is 2.78 bits per heavy atom. The number of halogens is 3. The molecule has 0 amide bonds. The van der Waals surface area contributed by atoms with Crippen LogP contribution in [0.4, 0.5) is 0 Å². The average Bonchev–Trinajstić information content (AvgIpc) is 3.13. The van der Waals surface area contributed by atoms with Crippen LogP contribution in [-0.4, -0.2) is 30.4 Å². The third kappa shape index (κ3) is 4.28. The Labute approximate surface area is 125 Å². The second-order valence-corrected chi connectivity index (χ2v) is 6.01. The standard InChI is InChI=1S/C12H14BrCl2NO2/c13-9-3-11(15)12(4-10(9)14)18-6-8(17)5-16-7-1-2-7/h3-4,7-8,16-17H,1-2,5-6H2. The molecule has 1 fully saturated rings. The van der Waals surface area contributed by atoms with Crippen molar-refractivity contribution in [2.75, 3.05) is 13.2 Å². The van der Waals surface area contributed by atoms with Gasteiger partial charge in [0.15, 0.2) is 0 Å². The molecule has 1 aromatic carbocycles. The van der Waals surface area contributed by atoms with Crippen molar-refractivity contribution in [3.63, 3.8) is 0 Å². The topological polar surface area (TPSA) is 41.5 Å². The maximum absolute atomic E-state index is 9.73. The predicted molar refractivity (Wildman–Crippen MR) is 76.7 cm³/mol. The summed E-state index contributed by atoms with van der Waals surface area (Å²) in [5.74, 6) is 0.482. The fourth-order valence-electron chi connectivity index (χ4n) is 1.45. The summed E-state index contributed by atoms with van der Waals surface area (Å²) in [4.78, 5) is 0. The molecule has 1 atom stereocenters. The van der Waals surface area contributed by atoms with Gasteiger partial charge in [0, 0.05) is 23.1 Å². The minimum Gasteiger partial charge on any atom is -0.489 e. The summed E-state index contributed by atoms with van der Waals surface area (Å²) >= 11 is 15.2. The Kier molecular flexibility index (Phi) is 5.15. The summed E-state index contributed by atoms with van der Waals surface area (Å²) in [7, 11) is 0. The molecule has 2 N–H and O–H groups in total. The molecule has 1 aromatic rings. The van der Waals surface area contributed by atoms with Crippen LogP contribution in [0.3, 0.4) is 0 Å². The van der Waals surface area contributed by atoms with E-state index in [1.54, 1.807) is 12.1 Å². The van der Waals surface area contributed by atoms with E-state index in [-0.39, 0.29) is 6.61 Å². The van der Waals surface area contributed by atoms with Crippen molar-refractivity contribution in [2.45, 2.75) is 25.0 Å². The first kappa shape index (κ1) is 14.4. The predicted octanol–water partition coefficient (Wildman–Crippen LogP) is 3.25. The highest BCUT2D eigenvalue weighted by molar-refractivity contribution is 9.10. The second kappa shape index (κ2) is 6.44. The Hall–Kier alpha value is -0.0000000000000000555. The summed E-state index contributed by atoms with van der Waals surface area (Å²) in [6, 6.07) is 3.88. The maximum atomic E-state index is 9.73. The van der Waals surface area contributed by atoms with E-state index in [2.05, 4.69) is 21.2 Å². The maximum Gasteiger partial charge on any atom is 0.139 e. The lowest BCUT2D eigenvalue weighted by Gasteiger charge is -2.14. The molecule has 1 aliphatic rings. The van der Waals surface area contributed by atoms with Crippen molar-refractivity contribution < 1.29 is 9.84 Å². The van der Waals surface area contributed by atoms with Crippen molar-refractivity contribution >= 4 is 39.1 Å². The smallest absolute Gasteiger partial charge is 0.139 e.